The van der Waals surface area contributed by atoms with Gasteiger partial charge in [-0.25, -0.2) is 0 Å². The molecule has 0 saturated heterocycles. The zero-order chi connectivity index (χ0) is 14.1. The van der Waals surface area contributed by atoms with Gasteiger partial charge in [0.15, 0.2) is 0 Å². The van der Waals surface area contributed by atoms with Gasteiger partial charge < -0.3 is 15.2 Å². The summed E-state index contributed by atoms with van der Waals surface area (Å²) in [6, 6.07) is 9.27. The Labute approximate surface area is 112 Å². The van der Waals surface area contributed by atoms with Crippen molar-refractivity contribution in [1.82, 2.24) is 5.32 Å². The molecule has 0 bridgehead atoms. The molecule has 1 atom stereocenters. The van der Waals surface area contributed by atoms with Gasteiger partial charge in [0.25, 0.3) is 0 Å². The summed E-state index contributed by atoms with van der Waals surface area (Å²) in [5.74, 6) is -0.326. The molecule has 1 aromatic rings. The fourth-order valence-electron chi connectivity index (χ4n) is 1.53. The Morgan fingerprint density at radius 2 is 2.00 bits per heavy atom. The number of aliphatic carboxylic acids is 1. The second-order valence-electron chi connectivity index (χ2n) is 4.42. The van der Waals surface area contributed by atoms with E-state index in [1.807, 2.05) is 30.3 Å². The third-order valence-corrected chi connectivity index (χ3v) is 2.51. The summed E-state index contributed by atoms with van der Waals surface area (Å²) in [7, 11) is 0. The molecule has 1 amide bonds. The van der Waals surface area contributed by atoms with Gasteiger partial charge in [-0.05, 0) is 18.1 Å². The summed E-state index contributed by atoms with van der Waals surface area (Å²) < 4.78 is 5.39. The van der Waals surface area contributed by atoms with E-state index >= 15 is 0 Å². The summed E-state index contributed by atoms with van der Waals surface area (Å²) in [4.78, 5) is 21.9. The van der Waals surface area contributed by atoms with Crippen molar-refractivity contribution in [2.24, 2.45) is 5.92 Å². The molecule has 0 radical (unpaired) electrons. The van der Waals surface area contributed by atoms with Crippen LogP contribution >= 0.6 is 0 Å². The Balaban J connectivity index is 2.13. The largest absolute Gasteiger partial charge is 0.493 e. The minimum atomic E-state index is -0.853. The van der Waals surface area contributed by atoms with Crippen LogP contribution in [0.4, 0.5) is 0 Å². The van der Waals surface area contributed by atoms with Gasteiger partial charge in [0.2, 0.25) is 5.91 Å². The zero-order valence-corrected chi connectivity index (χ0v) is 11.0. The minimum absolute atomic E-state index is 0.0563. The van der Waals surface area contributed by atoms with Crippen molar-refractivity contribution >= 4 is 11.9 Å². The molecule has 0 spiro atoms. The highest BCUT2D eigenvalue weighted by molar-refractivity contribution is 5.76. The minimum Gasteiger partial charge on any atom is -0.493 e. The average molecular weight is 265 g/mol. The number of rotatable bonds is 8. The number of carbonyl (C=O) groups excluding carboxylic acids is 1. The first-order valence-electron chi connectivity index (χ1n) is 6.24. The van der Waals surface area contributed by atoms with E-state index in [9.17, 15) is 9.59 Å². The number of carboxylic acid groups (broad SMARTS) is 1. The Bertz CT molecular complexity index is 405. The van der Waals surface area contributed by atoms with Crippen LogP contribution in [0.2, 0.25) is 0 Å². The van der Waals surface area contributed by atoms with Crippen LogP contribution in [0.1, 0.15) is 19.8 Å². The second kappa shape index (κ2) is 8.13. The van der Waals surface area contributed by atoms with Crippen LogP contribution in [0.5, 0.6) is 5.75 Å². The predicted octanol–water partition coefficient (Wildman–Crippen LogP) is 1.68. The molecule has 0 heterocycles. The van der Waals surface area contributed by atoms with E-state index in [0.717, 1.165) is 5.75 Å². The molecule has 0 aliphatic rings. The zero-order valence-electron chi connectivity index (χ0n) is 11.0. The van der Waals surface area contributed by atoms with Crippen molar-refractivity contribution in [1.29, 1.82) is 0 Å². The number of para-hydroxylation sites is 1. The highest BCUT2D eigenvalue weighted by atomic mass is 16.5. The number of nitrogens with one attached hydrogen (secondary N) is 1. The van der Waals surface area contributed by atoms with Crippen molar-refractivity contribution in [2.45, 2.75) is 19.8 Å². The second-order valence-corrected chi connectivity index (χ2v) is 4.42. The van der Waals surface area contributed by atoms with E-state index in [-0.39, 0.29) is 24.7 Å². The first kappa shape index (κ1) is 15.0. The number of carbonyl (C=O) groups is 2. The summed E-state index contributed by atoms with van der Waals surface area (Å²) in [6.07, 6.45) is 0.315. The maximum atomic E-state index is 11.5. The van der Waals surface area contributed by atoms with Crippen LogP contribution in [-0.4, -0.2) is 30.1 Å². The molecule has 0 aromatic heterocycles. The summed E-state index contributed by atoms with van der Waals surface area (Å²) in [6.45, 7) is 2.47. The fourth-order valence-corrected chi connectivity index (χ4v) is 1.53. The Morgan fingerprint density at radius 3 is 2.63 bits per heavy atom. The Kier molecular flexibility index (Phi) is 6.43. The summed E-state index contributed by atoms with van der Waals surface area (Å²) in [5, 5.41) is 11.3. The van der Waals surface area contributed by atoms with Crippen molar-refractivity contribution in [3.8, 4) is 5.75 Å². The number of benzene rings is 1. The predicted molar refractivity (Wildman–Crippen MR) is 71.0 cm³/mol. The smallest absolute Gasteiger partial charge is 0.303 e. The molecule has 5 heteroatoms. The topological polar surface area (TPSA) is 75.6 Å². The van der Waals surface area contributed by atoms with Gasteiger partial charge in [-0.2, -0.15) is 0 Å². The molecule has 0 aliphatic carbocycles. The lowest BCUT2D eigenvalue weighted by atomic mass is 10.1. The van der Waals surface area contributed by atoms with Gasteiger partial charge in [0.05, 0.1) is 13.0 Å². The van der Waals surface area contributed by atoms with Gasteiger partial charge in [0.1, 0.15) is 5.75 Å². The summed E-state index contributed by atoms with van der Waals surface area (Å²) >= 11 is 0. The fraction of sp³-hybridized carbons (Fsp3) is 0.429. The van der Waals surface area contributed by atoms with Crippen LogP contribution in [0.25, 0.3) is 0 Å². The standard InChI is InChI=1S/C14H19NO4/c1-11(9-14(17)18)10-15-13(16)7-8-19-12-5-3-2-4-6-12/h2-6,11H,7-10H2,1H3,(H,15,16)(H,17,18). The van der Waals surface area contributed by atoms with Gasteiger partial charge in [-0.15, -0.1) is 0 Å². The van der Waals surface area contributed by atoms with Crippen LogP contribution < -0.4 is 10.1 Å². The van der Waals surface area contributed by atoms with Crippen molar-refractivity contribution in [3.63, 3.8) is 0 Å². The molecular formula is C14H19NO4. The molecule has 0 saturated carbocycles. The van der Waals surface area contributed by atoms with Gasteiger partial charge >= 0.3 is 5.97 Å². The molecule has 0 aliphatic heterocycles. The Morgan fingerprint density at radius 1 is 1.32 bits per heavy atom. The quantitative estimate of drug-likeness (QED) is 0.750. The van der Waals surface area contributed by atoms with Crippen molar-refractivity contribution < 1.29 is 19.4 Å². The lowest BCUT2D eigenvalue weighted by Crippen LogP contribution is -2.30. The number of hydrogen-bond donors (Lipinski definition) is 2. The molecule has 1 unspecified atom stereocenters. The van der Waals surface area contributed by atoms with Crippen LogP contribution in [0.15, 0.2) is 30.3 Å². The molecule has 104 valence electrons. The average Bonchev–Trinajstić information content (AvgIpc) is 2.37. The molecule has 1 rings (SSSR count). The number of amides is 1. The molecular weight excluding hydrogens is 246 g/mol. The van der Waals surface area contributed by atoms with Crippen LogP contribution in [-0.2, 0) is 9.59 Å². The molecule has 1 aromatic carbocycles. The molecule has 19 heavy (non-hydrogen) atoms. The highest BCUT2D eigenvalue weighted by Gasteiger charge is 2.09. The normalized spacial score (nSPS) is 11.6. The summed E-state index contributed by atoms with van der Waals surface area (Å²) in [5.41, 5.74) is 0. The maximum absolute atomic E-state index is 11.5. The molecule has 5 nitrogen and oxygen atoms in total. The lowest BCUT2D eigenvalue weighted by Gasteiger charge is -2.10. The van der Waals surface area contributed by atoms with Crippen LogP contribution in [0, 0.1) is 5.92 Å². The number of carboxylic acids is 1. The van der Waals surface area contributed by atoms with E-state index in [1.165, 1.54) is 0 Å². The number of ether oxygens (including phenoxy) is 1. The van der Waals surface area contributed by atoms with Crippen molar-refractivity contribution in [2.75, 3.05) is 13.2 Å². The van der Waals surface area contributed by atoms with E-state index < -0.39 is 5.97 Å². The van der Waals surface area contributed by atoms with Gasteiger partial charge in [-0.3, -0.25) is 9.59 Å². The first-order chi connectivity index (χ1) is 9.08. The SMILES string of the molecule is CC(CNC(=O)CCOc1ccccc1)CC(=O)O. The first-order valence-corrected chi connectivity index (χ1v) is 6.24. The van der Waals surface area contributed by atoms with E-state index in [0.29, 0.717) is 13.2 Å². The molecule has 2 N–H and O–H groups in total. The van der Waals surface area contributed by atoms with Crippen molar-refractivity contribution in [3.05, 3.63) is 30.3 Å². The van der Waals surface area contributed by atoms with Crippen LogP contribution in [0.3, 0.4) is 0 Å². The third kappa shape index (κ3) is 7.08. The van der Waals surface area contributed by atoms with Gasteiger partial charge in [-0.1, -0.05) is 25.1 Å². The Hall–Kier alpha value is -2.04. The number of hydrogen-bond acceptors (Lipinski definition) is 3. The maximum Gasteiger partial charge on any atom is 0.303 e. The highest BCUT2D eigenvalue weighted by Crippen LogP contribution is 2.08. The third-order valence-electron chi connectivity index (χ3n) is 2.51. The van der Waals surface area contributed by atoms with E-state index in [1.54, 1.807) is 6.92 Å². The lowest BCUT2D eigenvalue weighted by molar-refractivity contribution is -0.138. The monoisotopic (exact) mass is 265 g/mol. The van der Waals surface area contributed by atoms with E-state index in [4.69, 9.17) is 9.84 Å². The molecule has 0 fully saturated rings. The van der Waals surface area contributed by atoms with Gasteiger partial charge in [0, 0.05) is 13.0 Å². The van der Waals surface area contributed by atoms with E-state index in [2.05, 4.69) is 5.32 Å².